The number of thiocarbonyl (C=S) groups is 1. The van der Waals surface area contributed by atoms with Crippen molar-refractivity contribution < 1.29 is 14.3 Å². The standard InChI is InChI=1S/C21H19ClN2O3S2/c1-2-27-16-9-7-15(8-10-16)23-19(25)11-12-24-20(26)18(29-21(24)28)13-14-5-3-4-6-17(14)22/h3-10,13H,2,11-12H2,1H3,(H,23,25)/b18-13+. The lowest BCUT2D eigenvalue weighted by molar-refractivity contribution is -0.122. The average Bonchev–Trinajstić information content (AvgIpc) is 2.96. The van der Waals surface area contributed by atoms with E-state index in [1.807, 2.05) is 25.1 Å². The minimum Gasteiger partial charge on any atom is -0.494 e. The predicted molar refractivity (Wildman–Crippen MR) is 122 cm³/mol. The third kappa shape index (κ3) is 5.59. The summed E-state index contributed by atoms with van der Waals surface area (Å²) < 4.78 is 5.81. The fourth-order valence-electron chi connectivity index (χ4n) is 2.66. The maximum absolute atomic E-state index is 12.7. The van der Waals surface area contributed by atoms with Gasteiger partial charge in [-0.25, -0.2) is 0 Å². The van der Waals surface area contributed by atoms with E-state index in [1.165, 1.54) is 16.7 Å². The third-order valence-electron chi connectivity index (χ3n) is 4.08. The van der Waals surface area contributed by atoms with Gasteiger partial charge in [-0.3, -0.25) is 14.5 Å². The number of hydrogen-bond donors (Lipinski definition) is 1. The lowest BCUT2D eigenvalue weighted by Gasteiger charge is -2.14. The van der Waals surface area contributed by atoms with E-state index in [4.69, 9.17) is 28.6 Å². The van der Waals surface area contributed by atoms with Gasteiger partial charge >= 0.3 is 0 Å². The van der Waals surface area contributed by atoms with E-state index in [-0.39, 0.29) is 24.8 Å². The van der Waals surface area contributed by atoms with Gasteiger partial charge in [0, 0.05) is 23.7 Å². The number of anilines is 1. The molecule has 0 unspecified atom stereocenters. The van der Waals surface area contributed by atoms with Gasteiger partial charge in [0.25, 0.3) is 5.91 Å². The predicted octanol–water partition coefficient (Wildman–Crippen LogP) is 4.97. The molecule has 150 valence electrons. The van der Waals surface area contributed by atoms with Gasteiger partial charge in [0.2, 0.25) is 5.91 Å². The van der Waals surface area contributed by atoms with Crippen LogP contribution in [-0.2, 0) is 9.59 Å². The number of hydrogen-bond acceptors (Lipinski definition) is 5. The highest BCUT2D eigenvalue weighted by Crippen LogP contribution is 2.33. The van der Waals surface area contributed by atoms with Crippen molar-refractivity contribution in [2.24, 2.45) is 0 Å². The molecular weight excluding hydrogens is 428 g/mol. The molecule has 1 aliphatic heterocycles. The lowest BCUT2D eigenvalue weighted by atomic mass is 10.2. The van der Waals surface area contributed by atoms with E-state index in [0.29, 0.717) is 26.5 Å². The molecule has 1 heterocycles. The van der Waals surface area contributed by atoms with Gasteiger partial charge < -0.3 is 10.1 Å². The number of amides is 2. The number of carbonyl (C=O) groups is 2. The summed E-state index contributed by atoms with van der Waals surface area (Å²) in [5, 5.41) is 3.37. The Balaban J connectivity index is 1.57. The zero-order valence-corrected chi connectivity index (χ0v) is 18.1. The van der Waals surface area contributed by atoms with E-state index >= 15 is 0 Å². The van der Waals surface area contributed by atoms with Crippen LogP contribution in [0, 0.1) is 0 Å². The Morgan fingerprint density at radius 2 is 1.97 bits per heavy atom. The van der Waals surface area contributed by atoms with Crippen LogP contribution in [0.3, 0.4) is 0 Å². The van der Waals surface area contributed by atoms with Crippen LogP contribution in [0.25, 0.3) is 6.08 Å². The fraction of sp³-hybridized carbons (Fsp3) is 0.190. The van der Waals surface area contributed by atoms with Gasteiger partial charge in [-0.2, -0.15) is 0 Å². The normalized spacial score (nSPS) is 15.1. The van der Waals surface area contributed by atoms with Gasteiger partial charge in [-0.1, -0.05) is 53.8 Å². The van der Waals surface area contributed by atoms with Crippen molar-refractivity contribution >= 4 is 63.5 Å². The van der Waals surface area contributed by atoms with Crippen LogP contribution in [0.1, 0.15) is 18.9 Å². The van der Waals surface area contributed by atoms with Crippen LogP contribution in [0.2, 0.25) is 5.02 Å². The van der Waals surface area contributed by atoms with Crippen molar-refractivity contribution in [1.82, 2.24) is 4.90 Å². The molecule has 0 aromatic heterocycles. The topological polar surface area (TPSA) is 58.6 Å². The molecule has 1 N–H and O–H groups in total. The third-order valence-corrected chi connectivity index (χ3v) is 5.80. The van der Waals surface area contributed by atoms with E-state index in [2.05, 4.69) is 5.32 Å². The molecule has 0 aliphatic carbocycles. The van der Waals surface area contributed by atoms with Crippen molar-refractivity contribution in [1.29, 1.82) is 0 Å². The summed E-state index contributed by atoms with van der Waals surface area (Å²) in [4.78, 5) is 26.9. The number of nitrogens with one attached hydrogen (secondary N) is 1. The van der Waals surface area contributed by atoms with E-state index < -0.39 is 0 Å². The van der Waals surface area contributed by atoms with Crippen LogP contribution in [0.15, 0.2) is 53.4 Å². The molecule has 8 heteroatoms. The molecule has 5 nitrogen and oxygen atoms in total. The first-order chi connectivity index (χ1) is 14.0. The van der Waals surface area contributed by atoms with Crippen molar-refractivity contribution in [3.05, 3.63) is 64.0 Å². The molecule has 1 fully saturated rings. The summed E-state index contributed by atoms with van der Waals surface area (Å²) in [5.41, 5.74) is 1.42. The van der Waals surface area contributed by atoms with E-state index in [1.54, 1.807) is 36.4 Å². The van der Waals surface area contributed by atoms with Crippen LogP contribution in [0.4, 0.5) is 5.69 Å². The first-order valence-corrected chi connectivity index (χ1v) is 10.6. The quantitative estimate of drug-likeness (QED) is 0.480. The Bertz CT molecular complexity index is 961. The summed E-state index contributed by atoms with van der Waals surface area (Å²) in [7, 11) is 0. The Morgan fingerprint density at radius 1 is 1.24 bits per heavy atom. The van der Waals surface area contributed by atoms with Crippen molar-refractivity contribution in [2.75, 3.05) is 18.5 Å². The minimum absolute atomic E-state index is 0.138. The number of halogens is 1. The number of ether oxygens (including phenoxy) is 1. The molecule has 0 saturated carbocycles. The van der Waals surface area contributed by atoms with Gasteiger partial charge in [-0.05, 0) is 48.9 Å². The summed E-state index contributed by atoms with van der Waals surface area (Å²) in [6.07, 6.45) is 1.86. The minimum atomic E-state index is -0.214. The molecule has 0 bridgehead atoms. The van der Waals surface area contributed by atoms with Gasteiger partial charge in [-0.15, -0.1) is 0 Å². The van der Waals surface area contributed by atoms with Crippen molar-refractivity contribution in [3.8, 4) is 5.75 Å². The molecule has 29 heavy (non-hydrogen) atoms. The monoisotopic (exact) mass is 446 g/mol. The lowest BCUT2D eigenvalue weighted by Crippen LogP contribution is -2.31. The zero-order chi connectivity index (χ0) is 20.8. The summed E-state index contributed by atoms with van der Waals surface area (Å²) in [6.45, 7) is 2.71. The Hall–Kier alpha value is -2.35. The number of nitrogens with zero attached hydrogens (tertiary/aromatic N) is 1. The largest absolute Gasteiger partial charge is 0.494 e. The van der Waals surface area contributed by atoms with Crippen LogP contribution in [-0.4, -0.2) is 34.2 Å². The summed E-state index contributed by atoms with van der Waals surface area (Å²) in [5.74, 6) is 0.334. The van der Waals surface area contributed by atoms with Crippen LogP contribution < -0.4 is 10.1 Å². The molecule has 0 radical (unpaired) electrons. The Morgan fingerprint density at radius 3 is 2.66 bits per heavy atom. The second kappa shape index (κ2) is 9.91. The molecule has 2 aromatic rings. The van der Waals surface area contributed by atoms with Crippen LogP contribution in [0.5, 0.6) is 5.75 Å². The summed E-state index contributed by atoms with van der Waals surface area (Å²) >= 11 is 12.7. The maximum Gasteiger partial charge on any atom is 0.266 e. The first kappa shape index (κ1) is 21.4. The second-order valence-electron chi connectivity index (χ2n) is 6.11. The molecule has 2 aromatic carbocycles. The second-order valence-corrected chi connectivity index (χ2v) is 8.19. The number of benzene rings is 2. The van der Waals surface area contributed by atoms with Crippen molar-refractivity contribution in [2.45, 2.75) is 13.3 Å². The van der Waals surface area contributed by atoms with Crippen molar-refractivity contribution in [3.63, 3.8) is 0 Å². The van der Waals surface area contributed by atoms with Gasteiger partial charge in [0.1, 0.15) is 10.1 Å². The molecule has 0 atom stereocenters. The fourth-order valence-corrected chi connectivity index (χ4v) is 4.15. The number of carbonyl (C=O) groups excluding carboxylic acids is 2. The molecule has 1 saturated heterocycles. The number of thioether (sulfide) groups is 1. The van der Waals surface area contributed by atoms with E-state index in [0.717, 1.165) is 11.3 Å². The highest BCUT2D eigenvalue weighted by Gasteiger charge is 2.32. The molecule has 1 aliphatic rings. The highest BCUT2D eigenvalue weighted by molar-refractivity contribution is 8.26. The smallest absolute Gasteiger partial charge is 0.266 e. The van der Waals surface area contributed by atoms with E-state index in [9.17, 15) is 9.59 Å². The molecule has 2 amide bonds. The number of rotatable bonds is 7. The summed E-state index contributed by atoms with van der Waals surface area (Å²) in [6, 6.07) is 14.4. The Labute approximate surface area is 184 Å². The molecule has 0 spiro atoms. The first-order valence-electron chi connectivity index (χ1n) is 9.00. The SMILES string of the molecule is CCOc1ccc(NC(=O)CCN2C(=O)/C(=C\c3ccccc3Cl)SC2=S)cc1. The highest BCUT2D eigenvalue weighted by atomic mass is 35.5. The molecular formula is C21H19ClN2O3S2. The zero-order valence-electron chi connectivity index (χ0n) is 15.7. The van der Waals surface area contributed by atoms with Gasteiger partial charge in [0.05, 0.1) is 11.5 Å². The van der Waals surface area contributed by atoms with Gasteiger partial charge in [0.15, 0.2) is 0 Å². The maximum atomic E-state index is 12.7. The van der Waals surface area contributed by atoms with Crippen LogP contribution >= 0.6 is 35.6 Å². The molecule has 3 rings (SSSR count). The Kier molecular flexibility index (Phi) is 7.30. The average molecular weight is 447 g/mol.